The van der Waals surface area contributed by atoms with Crippen molar-refractivity contribution < 1.29 is 19.8 Å². The van der Waals surface area contributed by atoms with Gasteiger partial charge in [0, 0.05) is 24.9 Å². The molecule has 0 aromatic carbocycles. The second-order valence-corrected chi connectivity index (χ2v) is 9.03. The van der Waals surface area contributed by atoms with Crippen molar-refractivity contribution in [1.82, 2.24) is 0 Å². The Kier molecular flexibility index (Phi) is 3.51. The van der Waals surface area contributed by atoms with Crippen LogP contribution in [0.25, 0.3) is 0 Å². The third-order valence-electron chi connectivity index (χ3n) is 8.17. The Morgan fingerprint density at radius 3 is 2.54 bits per heavy atom. The largest absolute Gasteiger partial charge is 0.504 e. The van der Waals surface area contributed by atoms with Gasteiger partial charge in [0.25, 0.3) is 0 Å². The summed E-state index contributed by atoms with van der Waals surface area (Å²) in [6.45, 7) is 4.43. The third-order valence-corrected chi connectivity index (χ3v) is 8.17. The minimum Gasteiger partial charge on any atom is -0.504 e. The van der Waals surface area contributed by atoms with Crippen LogP contribution in [0.2, 0.25) is 0 Å². The second kappa shape index (κ2) is 5.17. The Bertz CT molecular complexity index is 636. The van der Waals surface area contributed by atoms with Gasteiger partial charge in [-0.3, -0.25) is 9.59 Å². The molecular weight excluding hydrogens is 304 g/mol. The van der Waals surface area contributed by atoms with Gasteiger partial charge in [0.05, 0.1) is 0 Å². The molecule has 4 nitrogen and oxygen atoms in total. The van der Waals surface area contributed by atoms with Crippen molar-refractivity contribution in [2.24, 2.45) is 34.5 Å². The van der Waals surface area contributed by atoms with Crippen LogP contribution in [0, 0.1) is 34.5 Å². The van der Waals surface area contributed by atoms with Crippen LogP contribution >= 0.6 is 0 Å². The van der Waals surface area contributed by atoms with Gasteiger partial charge in [-0.05, 0) is 66.8 Å². The lowest BCUT2D eigenvalue weighted by molar-refractivity contribution is -0.133. The van der Waals surface area contributed by atoms with Gasteiger partial charge in [0.2, 0.25) is 0 Å². The molecule has 4 heteroatoms. The minimum absolute atomic E-state index is 0.0248. The summed E-state index contributed by atoms with van der Waals surface area (Å²) in [5.41, 5.74) is 0.570. The zero-order chi connectivity index (χ0) is 17.3. The molecule has 0 unspecified atom stereocenters. The van der Waals surface area contributed by atoms with E-state index in [-0.39, 0.29) is 40.8 Å². The van der Waals surface area contributed by atoms with Crippen LogP contribution in [0.4, 0.5) is 0 Å². The fourth-order valence-electron chi connectivity index (χ4n) is 6.91. The number of carbonyl (C=O) groups excluding carboxylic acids is 2. The maximum Gasteiger partial charge on any atom is 0.197 e. The Labute approximate surface area is 143 Å². The molecule has 4 aliphatic rings. The number of hydrogen-bond donors (Lipinski definition) is 2. The average molecular weight is 332 g/mol. The number of carbonyl (C=O) groups is 2. The highest BCUT2D eigenvalue weighted by atomic mass is 16.3. The number of aliphatic hydroxyl groups excluding tert-OH is 2. The SMILES string of the molecule is C[C@]12CCC(=O)C(O)=C1CC[C@H]1[C@@H]3[C@@H](CO)CC(=O)[C@@]3(C)CC[C@@H]12. The van der Waals surface area contributed by atoms with Gasteiger partial charge in [-0.25, -0.2) is 0 Å². The summed E-state index contributed by atoms with van der Waals surface area (Å²) in [7, 11) is 0. The highest BCUT2D eigenvalue weighted by Gasteiger charge is 2.62. The topological polar surface area (TPSA) is 74.6 Å². The Morgan fingerprint density at radius 2 is 1.83 bits per heavy atom. The molecule has 24 heavy (non-hydrogen) atoms. The van der Waals surface area contributed by atoms with Crippen LogP contribution < -0.4 is 0 Å². The van der Waals surface area contributed by atoms with E-state index in [9.17, 15) is 19.8 Å². The first-order valence-electron chi connectivity index (χ1n) is 9.43. The fourth-order valence-corrected chi connectivity index (χ4v) is 6.91. The second-order valence-electron chi connectivity index (χ2n) is 9.03. The van der Waals surface area contributed by atoms with Crippen LogP contribution in [0.1, 0.15) is 58.8 Å². The van der Waals surface area contributed by atoms with E-state index in [1.165, 1.54) is 0 Å². The molecule has 0 amide bonds. The van der Waals surface area contributed by atoms with Gasteiger partial charge < -0.3 is 10.2 Å². The van der Waals surface area contributed by atoms with E-state index in [0.29, 0.717) is 30.5 Å². The standard InChI is InChI=1S/C20H28O4/c1-19-8-6-15(22)18(24)14(19)4-3-12-13(19)5-7-20(2)16(23)9-11(10-21)17(12)20/h11-13,17,21,24H,3-10H2,1-2H3/t11-,12-,13+,17+,19-,20-/m1/s1. The highest BCUT2D eigenvalue weighted by Crippen LogP contribution is 2.65. The maximum atomic E-state index is 12.6. The Hall–Kier alpha value is -1.16. The first kappa shape index (κ1) is 16.3. The van der Waals surface area contributed by atoms with Crippen molar-refractivity contribution in [1.29, 1.82) is 0 Å². The van der Waals surface area contributed by atoms with Crippen molar-refractivity contribution in [3.8, 4) is 0 Å². The van der Waals surface area contributed by atoms with Crippen LogP contribution in [-0.4, -0.2) is 28.4 Å². The predicted octanol–water partition coefficient (Wildman–Crippen LogP) is 3.19. The molecule has 0 heterocycles. The molecule has 0 aromatic heterocycles. The monoisotopic (exact) mass is 332 g/mol. The lowest BCUT2D eigenvalue weighted by atomic mass is 9.46. The van der Waals surface area contributed by atoms with Gasteiger partial charge in [0.15, 0.2) is 11.5 Å². The van der Waals surface area contributed by atoms with Gasteiger partial charge in [-0.2, -0.15) is 0 Å². The number of hydrogen-bond acceptors (Lipinski definition) is 4. The summed E-state index contributed by atoms with van der Waals surface area (Å²) in [6.07, 6.45) is 5.32. The predicted molar refractivity (Wildman–Crippen MR) is 89.2 cm³/mol. The van der Waals surface area contributed by atoms with Crippen molar-refractivity contribution in [3.63, 3.8) is 0 Å². The molecule has 3 saturated carbocycles. The van der Waals surface area contributed by atoms with Crippen LogP contribution in [-0.2, 0) is 9.59 Å². The lowest BCUT2D eigenvalue weighted by Gasteiger charge is -2.57. The summed E-state index contributed by atoms with van der Waals surface area (Å²) >= 11 is 0. The normalized spacial score (nSPS) is 48.1. The summed E-state index contributed by atoms with van der Waals surface area (Å²) in [5.74, 6) is 1.42. The number of allylic oxidation sites excluding steroid dienone is 1. The molecule has 0 aliphatic heterocycles. The third kappa shape index (κ3) is 1.89. The molecule has 0 aromatic rings. The molecule has 0 radical (unpaired) electrons. The fraction of sp³-hybridized carbons (Fsp3) is 0.800. The van der Waals surface area contributed by atoms with Crippen molar-refractivity contribution in [3.05, 3.63) is 11.3 Å². The maximum absolute atomic E-state index is 12.6. The number of ketones is 2. The lowest BCUT2D eigenvalue weighted by Crippen LogP contribution is -2.52. The highest BCUT2D eigenvalue weighted by molar-refractivity contribution is 5.95. The molecule has 0 bridgehead atoms. The van der Waals surface area contributed by atoms with Crippen molar-refractivity contribution in [2.45, 2.75) is 58.8 Å². The number of fused-ring (bicyclic) bond motifs is 5. The Balaban J connectivity index is 1.75. The van der Waals surface area contributed by atoms with E-state index in [1.54, 1.807) is 0 Å². The molecular formula is C20H28O4. The molecule has 6 atom stereocenters. The van der Waals surface area contributed by atoms with E-state index < -0.39 is 0 Å². The minimum atomic E-state index is -0.279. The molecule has 4 rings (SSSR count). The number of Topliss-reactive ketones (excluding diaryl/α,β-unsaturated/α-hetero) is 2. The molecule has 4 aliphatic carbocycles. The quantitative estimate of drug-likeness (QED) is 0.773. The van der Waals surface area contributed by atoms with Crippen LogP contribution in [0.5, 0.6) is 0 Å². The van der Waals surface area contributed by atoms with Crippen LogP contribution in [0.15, 0.2) is 11.3 Å². The van der Waals surface area contributed by atoms with Gasteiger partial charge in [0.1, 0.15) is 5.78 Å². The molecule has 2 N–H and O–H groups in total. The molecule has 3 fully saturated rings. The summed E-state index contributed by atoms with van der Waals surface area (Å²) < 4.78 is 0. The first-order chi connectivity index (χ1) is 11.3. The molecule has 0 spiro atoms. The summed E-state index contributed by atoms with van der Waals surface area (Å²) in [4.78, 5) is 24.6. The first-order valence-corrected chi connectivity index (χ1v) is 9.43. The molecule has 132 valence electrons. The number of rotatable bonds is 1. The van der Waals surface area contributed by atoms with E-state index >= 15 is 0 Å². The van der Waals surface area contributed by atoms with Crippen molar-refractivity contribution in [2.75, 3.05) is 6.61 Å². The van der Waals surface area contributed by atoms with Crippen molar-refractivity contribution >= 4 is 11.6 Å². The van der Waals surface area contributed by atoms with Gasteiger partial charge >= 0.3 is 0 Å². The van der Waals surface area contributed by atoms with E-state index in [4.69, 9.17) is 0 Å². The van der Waals surface area contributed by atoms with Crippen LogP contribution in [0.3, 0.4) is 0 Å². The van der Waals surface area contributed by atoms with Gasteiger partial charge in [-0.1, -0.05) is 13.8 Å². The molecule has 0 saturated heterocycles. The zero-order valence-corrected chi connectivity index (χ0v) is 14.7. The Morgan fingerprint density at radius 1 is 1.08 bits per heavy atom. The smallest absolute Gasteiger partial charge is 0.197 e. The van der Waals surface area contributed by atoms with Gasteiger partial charge in [-0.15, -0.1) is 0 Å². The van der Waals surface area contributed by atoms with E-state index in [2.05, 4.69) is 13.8 Å². The summed E-state index contributed by atoms with van der Waals surface area (Å²) in [5, 5.41) is 20.2. The zero-order valence-electron chi connectivity index (χ0n) is 14.7. The van der Waals surface area contributed by atoms with E-state index in [0.717, 1.165) is 37.7 Å². The number of aliphatic hydroxyl groups is 2. The van der Waals surface area contributed by atoms with E-state index in [1.807, 2.05) is 0 Å². The summed E-state index contributed by atoms with van der Waals surface area (Å²) in [6, 6.07) is 0. The average Bonchev–Trinajstić information content (AvgIpc) is 2.82.